The summed E-state index contributed by atoms with van der Waals surface area (Å²) in [6, 6.07) is 11.2. The molecule has 0 radical (unpaired) electrons. The van der Waals surface area contributed by atoms with E-state index in [0.717, 1.165) is 44.0 Å². The van der Waals surface area contributed by atoms with Gasteiger partial charge in [0.25, 0.3) is 0 Å². The van der Waals surface area contributed by atoms with E-state index in [-0.39, 0.29) is 18.9 Å². The van der Waals surface area contributed by atoms with Crippen LogP contribution in [0.3, 0.4) is 0 Å². The van der Waals surface area contributed by atoms with Crippen molar-refractivity contribution < 1.29 is 17.9 Å². The van der Waals surface area contributed by atoms with Gasteiger partial charge in [0, 0.05) is 6.54 Å². The smallest absolute Gasteiger partial charge is 0.244 e. The number of para-hydroxylation sites is 1. The molecule has 0 aliphatic carbocycles. The number of nitrogens with one attached hydrogen (secondary N) is 2. The number of piperidine rings is 1. The molecule has 7 nitrogen and oxygen atoms in total. The van der Waals surface area contributed by atoms with Gasteiger partial charge in [0.1, 0.15) is 4.90 Å². The molecular weight excluding hydrogens is 390 g/mol. The van der Waals surface area contributed by atoms with Crippen molar-refractivity contribution in [2.24, 2.45) is 5.92 Å². The third-order valence-electron chi connectivity index (χ3n) is 6.10. The number of benzene rings is 2. The van der Waals surface area contributed by atoms with E-state index in [0.29, 0.717) is 10.6 Å². The summed E-state index contributed by atoms with van der Waals surface area (Å²) in [6.07, 6.45) is 1.61. The number of fused-ring (bicyclic) bond motifs is 2. The topological polar surface area (TPSA) is 79.9 Å². The first-order valence-electron chi connectivity index (χ1n) is 9.99. The summed E-state index contributed by atoms with van der Waals surface area (Å²) in [5, 5.41) is 3.38. The summed E-state index contributed by atoms with van der Waals surface area (Å²) in [5.74, 6) is 1.90. The molecule has 0 bridgehead atoms. The van der Waals surface area contributed by atoms with Crippen LogP contribution in [0.5, 0.6) is 11.5 Å². The highest BCUT2D eigenvalue weighted by molar-refractivity contribution is 7.89. The molecule has 3 aliphatic rings. The molecule has 154 valence electrons. The van der Waals surface area contributed by atoms with Gasteiger partial charge in [0.05, 0.1) is 11.9 Å². The van der Waals surface area contributed by atoms with E-state index >= 15 is 0 Å². The quantitative estimate of drug-likeness (QED) is 0.802. The number of hydrogen-bond acceptors (Lipinski definition) is 6. The highest BCUT2D eigenvalue weighted by Crippen LogP contribution is 2.36. The van der Waals surface area contributed by atoms with Crippen LogP contribution in [0.25, 0.3) is 0 Å². The lowest BCUT2D eigenvalue weighted by Crippen LogP contribution is -2.51. The zero-order valence-corrected chi connectivity index (χ0v) is 17.2. The van der Waals surface area contributed by atoms with Gasteiger partial charge in [-0.3, -0.25) is 4.90 Å². The molecule has 3 heterocycles. The molecule has 2 N–H and O–H groups in total. The first kappa shape index (κ1) is 18.7. The summed E-state index contributed by atoms with van der Waals surface area (Å²) in [5.41, 5.74) is 3.14. The number of ether oxygens (including phenoxy) is 2. The van der Waals surface area contributed by atoms with Gasteiger partial charge in [0.2, 0.25) is 16.8 Å². The van der Waals surface area contributed by atoms with E-state index in [1.807, 2.05) is 18.2 Å². The Morgan fingerprint density at radius 3 is 2.62 bits per heavy atom. The average molecular weight is 416 g/mol. The van der Waals surface area contributed by atoms with Crippen molar-refractivity contribution in [3.63, 3.8) is 0 Å². The Bertz CT molecular complexity index is 1030. The minimum Gasteiger partial charge on any atom is -0.454 e. The Labute approximate surface area is 171 Å². The van der Waals surface area contributed by atoms with Gasteiger partial charge in [-0.05, 0) is 74.2 Å². The van der Waals surface area contributed by atoms with Crippen LogP contribution in [0.1, 0.15) is 24.0 Å². The fraction of sp³-hybridized carbons (Fsp3) is 0.429. The molecule has 5 rings (SSSR count). The number of rotatable bonds is 3. The lowest BCUT2D eigenvalue weighted by atomic mass is 9.93. The van der Waals surface area contributed by atoms with E-state index in [1.54, 1.807) is 12.1 Å². The predicted molar refractivity (Wildman–Crippen MR) is 109 cm³/mol. The minimum atomic E-state index is -3.47. The zero-order chi connectivity index (χ0) is 20.0. The van der Waals surface area contributed by atoms with Crippen LogP contribution in [-0.4, -0.2) is 39.4 Å². The second kappa shape index (κ2) is 7.19. The molecule has 0 saturated carbocycles. The van der Waals surface area contributed by atoms with Crippen LogP contribution in [-0.2, 0) is 16.6 Å². The monoisotopic (exact) mass is 415 g/mol. The van der Waals surface area contributed by atoms with Gasteiger partial charge in [-0.1, -0.05) is 12.1 Å². The fourth-order valence-corrected chi connectivity index (χ4v) is 5.79. The van der Waals surface area contributed by atoms with Crippen molar-refractivity contribution in [2.75, 3.05) is 25.2 Å². The molecule has 29 heavy (non-hydrogen) atoms. The molecule has 1 unspecified atom stereocenters. The van der Waals surface area contributed by atoms with Gasteiger partial charge < -0.3 is 14.8 Å². The maximum atomic E-state index is 12.6. The number of hydrogen-bond donors (Lipinski definition) is 2. The van der Waals surface area contributed by atoms with E-state index in [2.05, 4.69) is 27.9 Å². The Hall–Kier alpha value is -2.29. The van der Waals surface area contributed by atoms with Gasteiger partial charge in [-0.2, -0.15) is 4.72 Å². The second-order valence-electron chi connectivity index (χ2n) is 7.98. The van der Waals surface area contributed by atoms with Gasteiger partial charge in [0.15, 0.2) is 11.5 Å². The molecule has 8 heteroatoms. The van der Waals surface area contributed by atoms with Crippen LogP contribution in [0.2, 0.25) is 0 Å². The fourth-order valence-electron chi connectivity index (χ4n) is 4.40. The Morgan fingerprint density at radius 1 is 1.10 bits per heavy atom. The summed E-state index contributed by atoms with van der Waals surface area (Å²) >= 11 is 0. The SMILES string of the molecule is Cc1cc2c(cc1CN1CCC(C3Nc4ccccc4S(=O)(=O)N3)CC1)OCO2. The Kier molecular flexibility index (Phi) is 4.64. The summed E-state index contributed by atoms with van der Waals surface area (Å²) in [7, 11) is -3.47. The standard InChI is InChI=1S/C21H25N3O4S/c1-14-10-18-19(28-13-27-18)11-16(14)12-24-8-6-15(7-9-24)21-22-17-4-2-3-5-20(17)29(25,26)23-21/h2-5,10-11,15,21-23H,6-9,12-13H2,1H3. The molecule has 0 amide bonds. The van der Waals surface area contributed by atoms with E-state index in [4.69, 9.17) is 9.47 Å². The highest BCUT2D eigenvalue weighted by Gasteiger charge is 2.35. The van der Waals surface area contributed by atoms with Crippen LogP contribution >= 0.6 is 0 Å². The molecule has 1 fully saturated rings. The molecule has 1 saturated heterocycles. The lowest BCUT2D eigenvalue weighted by molar-refractivity contribution is 0.163. The van der Waals surface area contributed by atoms with Crippen LogP contribution in [0.4, 0.5) is 5.69 Å². The molecule has 1 atom stereocenters. The highest BCUT2D eigenvalue weighted by atomic mass is 32.2. The number of aryl methyl sites for hydroxylation is 1. The number of likely N-dealkylation sites (tertiary alicyclic amines) is 1. The van der Waals surface area contributed by atoms with Crippen LogP contribution in [0, 0.1) is 12.8 Å². The van der Waals surface area contributed by atoms with Crippen molar-refractivity contribution >= 4 is 15.7 Å². The van der Waals surface area contributed by atoms with Crippen LogP contribution < -0.4 is 19.5 Å². The summed E-state index contributed by atoms with van der Waals surface area (Å²) in [4.78, 5) is 2.75. The third kappa shape index (κ3) is 3.56. The normalized spacial score (nSPS) is 23.4. The largest absolute Gasteiger partial charge is 0.454 e. The van der Waals surface area contributed by atoms with E-state index in [1.165, 1.54) is 11.1 Å². The Balaban J connectivity index is 1.24. The van der Waals surface area contributed by atoms with Crippen molar-refractivity contribution in [3.8, 4) is 11.5 Å². The summed E-state index contributed by atoms with van der Waals surface area (Å²) in [6.45, 7) is 5.11. The molecule has 3 aliphatic heterocycles. The number of anilines is 1. The molecule has 0 aromatic heterocycles. The lowest BCUT2D eigenvalue weighted by Gasteiger charge is -2.39. The molecule has 2 aromatic carbocycles. The van der Waals surface area contributed by atoms with Crippen molar-refractivity contribution in [2.45, 2.75) is 37.4 Å². The number of sulfonamides is 1. The zero-order valence-electron chi connectivity index (χ0n) is 16.3. The first-order chi connectivity index (χ1) is 14.0. The maximum absolute atomic E-state index is 12.6. The van der Waals surface area contributed by atoms with Crippen molar-refractivity contribution in [1.82, 2.24) is 9.62 Å². The average Bonchev–Trinajstić information content (AvgIpc) is 3.15. The minimum absolute atomic E-state index is 0.257. The number of nitrogens with zero attached hydrogens (tertiary/aromatic N) is 1. The van der Waals surface area contributed by atoms with Crippen LogP contribution in [0.15, 0.2) is 41.3 Å². The van der Waals surface area contributed by atoms with Crippen molar-refractivity contribution in [3.05, 3.63) is 47.5 Å². The molecule has 0 spiro atoms. The molecule has 2 aromatic rings. The first-order valence-corrected chi connectivity index (χ1v) is 11.5. The van der Waals surface area contributed by atoms with Gasteiger partial charge in [-0.25, -0.2) is 8.42 Å². The maximum Gasteiger partial charge on any atom is 0.244 e. The second-order valence-corrected chi connectivity index (χ2v) is 9.67. The van der Waals surface area contributed by atoms with Crippen molar-refractivity contribution in [1.29, 1.82) is 0 Å². The van der Waals surface area contributed by atoms with E-state index in [9.17, 15) is 8.42 Å². The van der Waals surface area contributed by atoms with Gasteiger partial charge in [-0.15, -0.1) is 0 Å². The Morgan fingerprint density at radius 2 is 1.83 bits per heavy atom. The predicted octanol–water partition coefficient (Wildman–Crippen LogP) is 2.67. The molecular formula is C21H25N3O4S. The van der Waals surface area contributed by atoms with Gasteiger partial charge >= 0.3 is 0 Å². The summed E-state index contributed by atoms with van der Waals surface area (Å²) < 4.78 is 39.0. The van der Waals surface area contributed by atoms with E-state index < -0.39 is 10.0 Å². The third-order valence-corrected chi connectivity index (χ3v) is 7.60.